The zero-order valence-corrected chi connectivity index (χ0v) is 13.2. The molecule has 2 rings (SSSR count). The van der Waals surface area contributed by atoms with Gasteiger partial charge in [-0.15, -0.1) is 0 Å². The quantitative estimate of drug-likeness (QED) is 0.849. The number of nitrogens with one attached hydrogen (secondary N) is 1. The first-order chi connectivity index (χ1) is 10.7. The number of esters is 1. The lowest BCUT2D eigenvalue weighted by molar-refractivity contribution is 0.0595. The Morgan fingerprint density at radius 3 is 2.48 bits per heavy atom. The first-order valence-corrected chi connectivity index (χ1v) is 7.96. The minimum atomic E-state index is -4.17. The number of hydrogen-bond acceptors (Lipinski definition) is 4. The van der Waals surface area contributed by atoms with E-state index in [9.17, 15) is 22.0 Å². The lowest BCUT2D eigenvalue weighted by Gasteiger charge is -2.11. The number of methoxy groups -OCH3 is 1. The summed E-state index contributed by atoms with van der Waals surface area (Å²) < 4.78 is 58.0. The zero-order valence-electron chi connectivity index (χ0n) is 11.6. The van der Waals surface area contributed by atoms with Crippen LogP contribution in [0, 0.1) is 11.6 Å². The summed E-state index contributed by atoms with van der Waals surface area (Å²) >= 11 is 5.71. The van der Waals surface area contributed by atoms with E-state index in [1.165, 1.54) is 18.2 Å². The summed E-state index contributed by atoms with van der Waals surface area (Å²) in [5.41, 5.74) is -1.19. The lowest BCUT2D eigenvalue weighted by Crippen LogP contribution is -2.15. The second-order valence-electron chi connectivity index (χ2n) is 4.37. The van der Waals surface area contributed by atoms with E-state index >= 15 is 0 Å². The second-order valence-corrected chi connectivity index (χ2v) is 6.49. The third-order valence-corrected chi connectivity index (χ3v) is 4.41. The van der Waals surface area contributed by atoms with Gasteiger partial charge in [0.2, 0.25) is 0 Å². The minimum absolute atomic E-state index is 0.169. The molecule has 0 bridgehead atoms. The Balaban J connectivity index is 2.45. The number of rotatable bonds is 4. The van der Waals surface area contributed by atoms with Crippen LogP contribution in [0.1, 0.15) is 10.4 Å². The summed E-state index contributed by atoms with van der Waals surface area (Å²) in [6, 6.07) is 6.39. The van der Waals surface area contributed by atoms with Crippen molar-refractivity contribution in [1.29, 1.82) is 0 Å². The maximum Gasteiger partial charge on any atom is 0.340 e. The topological polar surface area (TPSA) is 72.5 Å². The number of hydrogen-bond donors (Lipinski definition) is 1. The third-order valence-electron chi connectivity index (χ3n) is 2.81. The van der Waals surface area contributed by atoms with Crippen LogP contribution in [0.4, 0.5) is 14.5 Å². The number of halogens is 3. The molecule has 0 spiro atoms. The Morgan fingerprint density at radius 2 is 1.87 bits per heavy atom. The van der Waals surface area contributed by atoms with E-state index in [-0.39, 0.29) is 9.92 Å². The van der Waals surface area contributed by atoms with E-state index < -0.39 is 38.9 Å². The molecule has 0 heterocycles. The molecule has 0 aliphatic rings. The molecule has 0 fully saturated rings. The highest BCUT2D eigenvalue weighted by Gasteiger charge is 2.21. The molecule has 0 saturated heterocycles. The standard InChI is InChI=1S/C14H10ClF2NO4S/c1-22-14(19)10-6-13(12(17)7-11(10)16)18-23(20,21)9-4-2-3-8(15)5-9/h2-7,18H,1H3. The fourth-order valence-corrected chi connectivity index (χ4v) is 3.09. The van der Waals surface area contributed by atoms with E-state index in [2.05, 4.69) is 4.74 Å². The molecule has 0 saturated carbocycles. The Hall–Kier alpha value is -2.19. The van der Waals surface area contributed by atoms with Crippen molar-refractivity contribution < 1.29 is 26.7 Å². The summed E-state index contributed by atoms with van der Waals surface area (Å²) in [5, 5.41) is 0.169. The van der Waals surface area contributed by atoms with Gasteiger partial charge in [-0.25, -0.2) is 22.0 Å². The molecular weight excluding hydrogens is 352 g/mol. The van der Waals surface area contributed by atoms with Crippen molar-refractivity contribution >= 4 is 33.3 Å². The van der Waals surface area contributed by atoms with Crippen LogP contribution in [0.3, 0.4) is 0 Å². The van der Waals surface area contributed by atoms with Gasteiger partial charge in [0, 0.05) is 11.1 Å². The predicted octanol–water partition coefficient (Wildman–Crippen LogP) is 3.21. The average Bonchev–Trinajstić information content (AvgIpc) is 2.49. The molecule has 0 amide bonds. The molecule has 0 aliphatic heterocycles. The SMILES string of the molecule is COC(=O)c1cc(NS(=O)(=O)c2cccc(Cl)c2)c(F)cc1F. The maximum atomic E-state index is 13.8. The van der Waals surface area contributed by atoms with Gasteiger partial charge in [-0.1, -0.05) is 17.7 Å². The van der Waals surface area contributed by atoms with Gasteiger partial charge in [-0.05, 0) is 24.3 Å². The average molecular weight is 362 g/mol. The van der Waals surface area contributed by atoms with Crippen molar-refractivity contribution in [3.8, 4) is 0 Å². The summed E-state index contributed by atoms with van der Waals surface area (Å²) in [6.07, 6.45) is 0. The highest BCUT2D eigenvalue weighted by atomic mass is 35.5. The largest absolute Gasteiger partial charge is 0.465 e. The number of ether oxygens (including phenoxy) is 1. The van der Waals surface area contributed by atoms with E-state index in [4.69, 9.17) is 11.6 Å². The van der Waals surface area contributed by atoms with Gasteiger partial charge >= 0.3 is 5.97 Å². The van der Waals surface area contributed by atoms with Crippen LogP contribution in [-0.4, -0.2) is 21.5 Å². The normalized spacial score (nSPS) is 11.1. The van der Waals surface area contributed by atoms with E-state index in [1.807, 2.05) is 4.72 Å². The Kier molecular flexibility index (Phi) is 4.86. The van der Waals surface area contributed by atoms with Crippen molar-refractivity contribution in [2.45, 2.75) is 4.90 Å². The molecule has 0 aliphatic carbocycles. The van der Waals surface area contributed by atoms with Crippen LogP contribution in [0.15, 0.2) is 41.3 Å². The van der Waals surface area contributed by atoms with E-state index in [0.29, 0.717) is 6.07 Å². The number of carbonyl (C=O) groups excluding carboxylic acids is 1. The number of sulfonamides is 1. The van der Waals surface area contributed by atoms with Crippen molar-refractivity contribution in [3.05, 3.63) is 58.6 Å². The fraction of sp³-hybridized carbons (Fsp3) is 0.0714. The molecule has 5 nitrogen and oxygen atoms in total. The lowest BCUT2D eigenvalue weighted by atomic mass is 10.2. The summed E-state index contributed by atoms with van der Waals surface area (Å²) in [7, 11) is -3.15. The van der Waals surface area contributed by atoms with Gasteiger partial charge in [0.15, 0.2) is 0 Å². The summed E-state index contributed by atoms with van der Waals surface area (Å²) in [6.45, 7) is 0. The summed E-state index contributed by atoms with van der Waals surface area (Å²) in [5.74, 6) is -3.41. The monoisotopic (exact) mass is 361 g/mol. The van der Waals surface area contributed by atoms with E-state index in [1.54, 1.807) is 0 Å². The molecule has 0 radical (unpaired) electrons. The van der Waals surface area contributed by atoms with Crippen molar-refractivity contribution in [1.82, 2.24) is 0 Å². The number of carbonyl (C=O) groups is 1. The Labute approximate surface area is 135 Å². The van der Waals surface area contributed by atoms with Gasteiger partial charge in [0.25, 0.3) is 10.0 Å². The molecular formula is C14H10ClF2NO4S. The van der Waals surface area contributed by atoms with Crippen LogP contribution < -0.4 is 4.72 Å². The van der Waals surface area contributed by atoms with Crippen molar-refractivity contribution in [3.63, 3.8) is 0 Å². The van der Waals surface area contributed by atoms with Crippen molar-refractivity contribution in [2.75, 3.05) is 11.8 Å². The first kappa shape index (κ1) is 17.2. The van der Waals surface area contributed by atoms with Gasteiger partial charge in [-0.3, -0.25) is 4.72 Å². The molecule has 2 aromatic carbocycles. The Morgan fingerprint density at radius 1 is 1.17 bits per heavy atom. The minimum Gasteiger partial charge on any atom is -0.465 e. The molecule has 2 aromatic rings. The van der Waals surface area contributed by atoms with Gasteiger partial charge in [0.1, 0.15) is 11.6 Å². The zero-order chi connectivity index (χ0) is 17.2. The Bertz CT molecular complexity index is 871. The van der Waals surface area contributed by atoms with Gasteiger partial charge in [0.05, 0.1) is 23.3 Å². The van der Waals surface area contributed by atoms with Crippen LogP contribution in [0.25, 0.3) is 0 Å². The van der Waals surface area contributed by atoms with Crippen LogP contribution in [0.5, 0.6) is 0 Å². The van der Waals surface area contributed by atoms with Crippen molar-refractivity contribution in [2.24, 2.45) is 0 Å². The number of benzene rings is 2. The first-order valence-electron chi connectivity index (χ1n) is 6.10. The fourth-order valence-electron chi connectivity index (χ4n) is 1.73. The molecule has 1 N–H and O–H groups in total. The molecule has 122 valence electrons. The second kappa shape index (κ2) is 6.51. The van der Waals surface area contributed by atoms with Crippen LogP contribution in [-0.2, 0) is 14.8 Å². The number of anilines is 1. The highest BCUT2D eigenvalue weighted by molar-refractivity contribution is 7.92. The summed E-state index contributed by atoms with van der Waals surface area (Å²) in [4.78, 5) is 11.2. The maximum absolute atomic E-state index is 13.8. The predicted molar refractivity (Wildman–Crippen MR) is 80.0 cm³/mol. The smallest absolute Gasteiger partial charge is 0.340 e. The molecule has 0 aromatic heterocycles. The van der Waals surface area contributed by atoms with E-state index in [0.717, 1.165) is 19.2 Å². The highest BCUT2D eigenvalue weighted by Crippen LogP contribution is 2.24. The van der Waals surface area contributed by atoms with Gasteiger partial charge in [-0.2, -0.15) is 0 Å². The molecule has 23 heavy (non-hydrogen) atoms. The van der Waals surface area contributed by atoms with Gasteiger partial charge < -0.3 is 4.74 Å². The third kappa shape index (κ3) is 3.77. The van der Waals surface area contributed by atoms with Crippen LogP contribution >= 0.6 is 11.6 Å². The molecule has 9 heteroatoms. The van der Waals surface area contributed by atoms with Crippen LogP contribution in [0.2, 0.25) is 5.02 Å². The molecule has 0 unspecified atom stereocenters. The molecule has 0 atom stereocenters.